The van der Waals surface area contributed by atoms with Crippen molar-refractivity contribution in [1.29, 1.82) is 0 Å². The van der Waals surface area contributed by atoms with Gasteiger partial charge in [0, 0.05) is 31.6 Å². The molecule has 0 aromatic carbocycles. The largest absolute Gasteiger partial charge is 0.388 e. The number of carbonyl (C=O) groups excluding carboxylic acids is 1. The summed E-state index contributed by atoms with van der Waals surface area (Å²) in [5.41, 5.74) is -0.108. The first kappa shape index (κ1) is 17.3. The Morgan fingerprint density at radius 1 is 1.67 bits per heavy atom. The molecule has 0 radical (unpaired) electrons. The third kappa shape index (κ3) is 4.96. The van der Waals surface area contributed by atoms with Crippen LogP contribution in [-0.4, -0.2) is 49.8 Å². The number of thiophene rings is 1. The molecule has 0 aliphatic heterocycles. The van der Waals surface area contributed by atoms with Gasteiger partial charge < -0.3 is 20.1 Å². The topological polar surface area (TPSA) is 105 Å². The van der Waals surface area contributed by atoms with Crippen LogP contribution in [0.15, 0.2) is 6.07 Å². The molecule has 0 saturated carbocycles. The van der Waals surface area contributed by atoms with Gasteiger partial charge in [0.05, 0.1) is 24.2 Å². The number of methoxy groups -OCH3 is 1. The summed E-state index contributed by atoms with van der Waals surface area (Å²) in [6.45, 7) is 2.32. The van der Waals surface area contributed by atoms with E-state index in [2.05, 4.69) is 5.32 Å². The number of ether oxygens (including phenoxy) is 1. The highest BCUT2D eigenvalue weighted by Crippen LogP contribution is 2.39. The minimum Gasteiger partial charge on any atom is -0.388 e. The van der Waals surface area contributed by atoms with E-state index in [4.69, 9.17) is 4.74 Å². The summed E-state index contributed by atoms with van der Waals surface area (Å²) in [5, 5.41) is 23.6. The van der Waals surface area contributed by atoms with E-state index in [9.17, 15) is 20.0 Å². The number of likely N-dealkylation sites (N-methyl/N-ethyl adjacent to an activating group) is 1. The number of nitro groups is 1. The lowest BCUT2D eigenvalue weighted by molar-refractivity contribution is -0.383. The van der Waals surface area contributed by atoms with Crippen LogP contribution in [0.1, 0.15) is 17.9 Å². The Hall–Kier alpha value is -1.71. The van der Waals surface area contributed by atoms with Gasteiger partial charge in [-0.25, -0.2) is 0 Å². The Kier molecular flexibility index (Phi) is 6.53. The summed E-state index contributed by atoms with van der Waals surface area (Å²) in [6.07, 6.45) is -0.786. The number of hydrogen-bond donors (Lipinski definition) is 2. The molecule has 0 spiro atoms. The Bertz CT molecular complexity index is 503. The van der Waals surface area contributed by atoms with Crippen molar-refractivity contribution < 1.29 is 19.6 Å². The van der Waals surface area contributed by atoms with Crippen LogP contribution in [-0.2, 0) is 9.53 Å². The summed E-state index contributed by atoms with van der Waals surface area (Å²) in [7, 11) is 3.13. The molecule has 0 bridgehead atoms. The second-order valence-corrected chi connectivity index (χ2v) is 5.53. The number of anilines is 1. The molecule has 0 aliphatic rings. The quantitative estimate of drug-likeness (QED) is 0.419. The standard InChI is InChI=1S/C12H19N3O5S/c1-8(16)10-6-9(15(18)19)12(21-10)14(2)7-11(17)13-4-5-20-3/h6,8,16H,4-5,7H2,1-3H3,(H,13,17)/t8-/m1/s1. The summed E-state index contributed by atoms with van der Waals surface area (Å²) < 4.78 is 4.82. The highest BCUT2D eigenvalue weighted by Gasteiger charge is 2.24. The van der Waals surface area contributed by atoms with Crippen LogP contribution >= 0.6 is 11.3 Å². The number of nitrogens with one attached hydrogen (secondary N) is 1. The lowest BCUT2D eigenvalue weighted by Crippen LogP contribution is -2.36. The molecule has 8 nitrogen and oxygen atoms in total. The van der Waals surface area contributed by atoms with E-state index in [1.165, 1.54) is 25.0 Å². The summed E-state index contributed by atoms with van der Waals surface area (Å²) >= 11 is 1.10. The monoisotopic (exact) mass is 317 g/mol. The van der Waals surface area contributed by atoms with E-state index in [0.717, 1.165) is 11.3 Å². The van der Waals surface area contributed by atoms with Gasteiger partial charge in [0.2, 0.25) is 5.91 Å². The fourth-order valence-corrected chi connectivity index (χ4v) is 2.66. The molecule has 0 fully saturated rings. The SMILES string of the molecule is COCCNC(=O)CN(C)c1sc([C@@H](C)O)cc1[N+](=O)[O-]. The van der Waals surface area contributed by atoms with Crippen molar-refractivity contribution in [3.63, 3.8) is 0 Å². The molecule has 0 aliphatic carbocycles. The summed E-state index contributed by atoms with van der Waals surface area (Å²) in [6, 6.07) is 1.34. The van der Waals surface area contributed by atoms with Gasteiger partial charge in [0.1, 0.15) is 0 Å². The fourth-order valence-electron chi connectivity index (χ4n) is 1.64. The third-order valence-electron chi connectivity index (χ3n) is 2.68. The predicted octanol–water partition coefficient (Wildman–Crippen LogP) is 0.908. The van der Waals surface area contributed by atoms with Crippen LogP contribution < -0.4 is 10.2 Å². The second kappa shape index (κ2) is 7.91. The van der Waals surface area contributed by atoms with Gasteiger partial charge in [-0.15, -0.1) is 11.3 Å². The Morgan fingerprint density at radius 2 is 2.33 bits per heavy atom. The molecular formula is C12H19N3O5S. The maximum Gasteiger partial charge on any atom is 0.304 e. The predicted molar refractivity (Wildman–Crippen MR) is 79.8 cm³/mol. The maximum absolute atomic E-state index is 11.7. The van der Waals surface area contributed by atoms with Crippen molar-refractivity contribution in [3.8, 4) is 0 Å². The molecule has 1 aromatic rings. The van der Waals surface area contributed by atoms with Crippen molar-refractivity contribution in [3.05, 3.63) is 21.1 Å². The highest BCUT2D eigenvalue weighted by molar-refractivity contribution is 7.16. The molecule has 1 atom stereocenters. The first-order valence-electron chi connectivity index (χ1n) is 6.29. The molecule has 2 N–H and O–H groups in total. The van der Waals surface area contributed by atoms with Crippen molar-refractivity contribution in [2.45, 2.75) is 13.0 Å². The number of rotatable bonds is 8. The third-order valence-corrected chi connectivity index (χ3v) is 4.09. The number of hydrogen-bond acceptors (Lipinski definition) is 7. The molecule has 118 valence electrons. The molecule has 1 amide bonds. The summed E-state index contributed by atoms with van der Waals surface area (Å²) in [5.74, 6) is -0.254. The molecule has 1 heterocycles. The lowest BCUT2D eigenvalue weighted by Gasteiger charge is -2.16. The van der Waals surface area contributed by atoms with E-state index in [0.29, 0.717) is 23.0 Å². The van der Waals surface area contributed by atoms with Crippen LogP contribution in [0.3, 0.4) is 0 Å². The van der Waals surface area contributed by atoms with E-state index in [1.807, 2.05) is 0 Å². The number of aliphatic hydroxyl groups excluding tert-OH is 1. The van der Waals surface area contributed by atoms with Gasteiger partial charge in [-0.3, -0.25) is 14.9 Å². The van der Waals surface area contributed by atoms with Crippen molar-refractivity contribution in [2.75, 3.05) is 38.8 Å². The Labute approximate surface area is 126 Å². The first-order chi connectivity index (χ1) is 9.86. The molecule has 1 rings (SSSR count). The fraction of sp³-hybridized carbons (Fsp3) is 0.583. The van der Waals surface area contributed by atoms with Crippen LogP contribution in [0.2, 0.25) is 0 Å². The molecule has 0 saturated heterocycles. The minimum atomic E-state index is -0.786. The number of amides is 1. The number of aliphatic hydroxyl groups is 1. The molecular weight excluding hydrogens is 298 g/mol. The normalized spacial score (nSPS) is 12.0. The van der Waals surface area contributed by atoms with Gasteiger partial charge in [-0.05, 0) is 6.92 Å². The zero-order valence-corrected chi connectivity index (χ0v) is 13.0. The Morgan fingerprint density at radius 3 is 2.86 bits per heavy atom. The van der Waals surface area contributed by atoms with Crippen LogP contribution in [0.4, 0.5) is 10.7 Å². The van der Waals surface area contributed by atoms with Crippen LogP contribution in [0, 0.1) is 10.1 Å². The van der Waals surface area contributed by atoms with E-state index in [1.54, 1.807) is 7.05 Å². The maximum atomic E-state index is 11.7. The van der Waals surface area contributed by atoms with Crippen molar-refractivity contribution in [2.24, 2.45) is 0 Å². The smallest absolute Gasteiger partial charge is 0.304 e. The summed E-state index contributed by atoms with van der Waals surface area (Å²) in [4.78, 5) is 24.2. The number of carbonyl (C=O) groups is 1. The van der Waals surface area contributed by atoms with E-state index < -0.39 is 11.0 Å². The lowest BCUT2D eigenvalue weighted by atomic mass is 10.3. The minimum absolute atomic E-state index is 0.00961. The van der Waals surface area contributed by atoms with E-state index >= 15 is 0 Å². The molecule has 0 unspecified atom stereocenters. The van der Waals surface area contributed by atoms with E-state index in [-0.39, 0.29) is 18.1 Å². The molecule has 21 heavy (non-hydrogen) atoms. The first-order valence-corrected chi connectivity index (χ1v) is 7.11. The second-order valence-electron chi connectivity index (χ2n) is 4.47. The van der Waals surface area contributed by atoms with Gasteiger partial charge in [0.15, 0.2) is 5.00 Å². The molecule has 9 heteroatoms. The zero-order valence-electron chi connectivity index (χ0n) is 12.2. The van der Waals surface area contributed by atoms with Gasteiger partial charge in [-0.2, -0.15) is 0 Å². The average molecular weight is 317 g/mol. The van der Waals surface area contributed by atoms with Crippen molar-refractivity contribution in [1.82, 2.24) is 5.32 Å². The zero-order chi connectivity index (χ0) is 16.0. The van der Waals surface area contributed by atoms with Crippen molar-refractivity contribution >= 4 is 27.9 Å². The van der Waals surface area contributed by atoms with Gasteiger partial charge in [-0.1, -0.05) is 0 Å². The Balaban J connectivity index is 2.79. The molecule has 1 aromatic heterocycles. The average Bonchev–Trinajstić information content (AvgIpc) is 2.84. The van der Waals surface area contributed by atoms with Gasteiger partial charge >= 0.3 is 5.69 Å². The van der Waals surface area contributed by atoms with Gasteiger partial charge in [0.25, 0.3) is 0 Å². The highest BCUT2D eigenvalue weighted by atomic mass is 32.1. The van der Waals surface area contributed by atoms with Crippen LogP contribution in [0.25, 0.3) is 0 Å². The number of nitrogens with zero attached hydrogens (tertiary/aromatic N) is 2. The van der Waals surface area contributed by atoms with Crippen LogP contribution in [0.5, 0.6) is 0 Å².